The molecule has 1 heterocycles. The zero-order valence-corrected chi connectivity index (χ0v) is 14.0. The second-order valence-corrected chi connectivity index (χ2v) is 6.28. The van der Waals surface area contributed by atoms with Crippen molar-refractivity contribution >= 4 is 34.4 Å². The summed E-state index contributed by atoms with van der Waals surface area (Å²) in [5, 5.41) is 20.0. The molecular weight excluding hydrogens is 342 g/mol. The third-order valence-electron chi connectivity index (χ3n) is 4.26. The second kappa shape index (κ2) is 6.18. The van der Waals surface area contributed by atoms with Crippen molar-refractivity contribution in [2.45, 2.75) is 12.3 Å². The summed E-state index contributed by atoms with van der Waals surface area (Å²) in [5.74, 6) is -2.82. The van der Waals surface area contributed by atoms with E-state index in [1.54, 1.807) is 36.4 Å². The first-order valence-electron chi connectivity index (χ1n) is 7.46. The highest BCUT2D eigenvalue weighted by Gasteiger charge is 2.43. The topological polar surface area (TPSA) is 87.5 Å². The molecule has 0 spiro atoms. The molecule has 0 fully saturated rings. The summed E-state index contributed by atoms with van der Waals surface area (Å²) >= 11 is 5.89. The van der Waals surface area contributed by atoms with Crippen LogP contribution in [0.3, 0.4) is 0 Å². The van der Waals surface area contributed by atoms with Crippen LogP contribution in [0.15, 0.2) is 54.6 Å². The van der Waals surface area contributed by atoms with Gasteiger partial charge in [-0.15, -0.1) is 0 Å². The number of hydrogen-bond acceptors (Lipinski definition) is 3. The van der Waals surface area contributed by atoms with Crippen LogP contribution in [-0.2, 0) is 15.0 Å². The Hall–Kier alpha value is -2.92. The molecule has 0 saturated carbocycles. The van der Waals surface area contributed by atoms with Crippen molar-refractivity contribution in [3.8, 4) is 11.3 Å². The van der Waals surface area contributed by atoms with Gasteiger partial charge in [-0.25, -0.2) is 4.98 Å². The van der Waals surface area contributed by atoms with E-state index in [1.807, 2.05) is 12.1 Å². The minimum absolute atomic E-state index is 0.195. The number of rotatable bonds is 4. The van der Waals surface area contributed by atoms with E-state index in [4.69, 9.17) is 11.6 Å². The Morgan fingerprint density at radius 2 is 1.60 bits per heavy atom. The van der Waals surface area contributed by atoms with E-state index in [0.29, 0.717) is 15.9 Å². The largest absolute Gasteiger partial charge is 0.480 e. The number of carboxylic acids is 2. The second-order valence-electron chi connectivity index (χ2n) is 5.85. The van der Waals surface area contributed by atoms with E-state index < -0.39 is 17.4 Å². The summed E-state index contributed by atoms with van der Waals surface area (Å²) in [6, 6.07) is 15.5. The number of aromatic nitrogens is 1. The van der Waals surface area contributed by atoms with Gasteiger partial charge in [0.2, 0.25) is 0 Å². The summed E-state index contributed by atoms with van der Waals surface area (Å²) in [5.41, 5.74) is 0.478. The van der Waals surface area contributed by atoms with Crippen molar-refractivity contribution < 1.29 is 19.8 Å². The van der Waals surface area contributed by atoms with Crippen molar-refractivity contribution in [2.24, 2.45) is 0 Å². The van der Waals surface area contributed by atoms with E-state index >= 15 is 0 Å². The lowest BCUT2D eigenvalue weighted by molar-refractivity contribution is -0.156. The molecule has 5 nitrogen and oxygen atoms in total. The number of carboxylic acid groups (broad SMARTS) is 2. The van der Waals surface area contributed by atoms with Crippen LogP contribution in [0.4, 0.5) is 0 Å². The molecule has 2 N–H and O–H groups in total. The fraction of sp³-hybridized carbons (Fsp3) is 0.105. The lowest BCUT2D eigenvalue weighted by Gasteiger charge is -2.20. The fourth-order valence-corrected chi connectivity index (χ4v) is 2.68. The van der Waals surface area contributed by atoms with Crippen LogP contribution in [0.1, 0.15) is 12.5 Å². The molecule has 0 saturated heterocycles. The Labute approximate surface area is 148 Å². The molecule has 6 heteroatoms. The van der Waals surface area contributed by atoms with Crippen LogP contribution < -0.4 is 0 Å². The number of hydrogen-bond donors (Lipinski definition) is 2. The average molecular weight is 356 g/mol. The Kier molecular flexibility index (Phi) is 4.18. The van der Waals surface area contributed by atoms with Crippen LogP contribution in [0.5, 0.6) is 0 Å². The molecule has 0 amide bonds. The van der Waals surface area contributed by atoms with Crippen LogP contribution >= 0.6 is 11.6 Å². The molecule has 0 unspecified atom stereocenters. The highest BCUT2D eigenvalue weighted by Crippen LogP contribution is 2.29. The summed E-state index contributed by atoms with van der Waals surface area (Å²) in [6.45, 7) is 1.17. The number of pyridine rings is 1. The van der Waals surface area contributed by atoms with Gasteiger partial charge in [0.15, 0.2) is 5.41 Å². The van der Waals surface area contributed by atoms with E-state index in [-0.39, 0.29) is 5.56 Å². The van der Waals surface area contributed by atoms with Crippen molar-refractivity contribution in [3.05, 3.63) is 65.2 Å². The molecule has 0 aliphatic heterocycles. The van der Waals surface area contributed by atoms with Gasteiger partial charge < -0.3 is 10.2 Å². The molecule has 0 atom stereocenters. The number of halogens is 1. The molecule has 0 bridgehead atoms. The molecule has 0 radical (unpaired) electrons. The average Bonchev–Trinajstić information content (AvgIpc) is 2.60. The van der Waals surface area contributed by atoms with Crippen LogP contribution in [0.2, 0.25) is 5.02 Å². The first kappa shape index (κ1) is 16.9. The molecule has 2 aromatic carbocycles. The van der Waals surface area contributed by atoms with Crippen LogP contribution in [-0.4, -0.2) is 27.1 Å². The number of benzene rings is 2. The maximum Gasteiger partial charge on any atom is 0.325 e. The standard InChI is InChI=1S/C19H14ClNO4/c1-19(17(22)23,18(24)25)13-5-9-16-12(10-13)4-8-15(21-16)11-2-6-14(20)7-3-11/h2-10H,1H3,(H,22,23)(H,24,25). The van der Waals surface area contributed by atoms with Gasteiger partial charge in [0, 0.05) is 16.0 Å². The van der Waals surface area contributed by atoms with Gasteiger partial charge in [-0.3, -0.25) is 9.59 Å². The summed E-state index contributed by atoms with van der Waals surface area (Å²) in [6.07, 6.45) is 0. The highest BCUT2D eigenvalue weighted by atomic mass is 35.5. The van der Waals surface area contributed by atoms with Crippen molar-refractivity contribution in [2.75, 3.05) is 0 Å². The van der Waals surface area contributed by atoms with E-state index in [0.717, 1.165) is 11.3 Å². The molecule has 3 rings (SSSR count). The Morgan fingerprint density at radius 1 is 0.960 bits per heavy atom. The fourth-order valence-electron chi connectivity index (χ4n) is 2.56. The zero-order chi connectivity index (χ0) is 18.2. The number of aliphatic carboxylic acids is 2. The van der Waals surface area contributed by atoms with Gasteiger partial charge in [-0.1, -0.05) is 35.9 Å². The molecule has 0 aliphatic carbocycles. The monoisotopic (exact) mass is 355 g/mol. The van der Waals surface area contributed by atoms with Crippen molar-refractivity contribution in [1.29, 1.82) is 0 Å². The van der Waals surface area contributed by atoms with Crippen molar-refractivity contribution in [3.63, 3.8) is 0 Å². The highest BCUT2D eigenvalue weighted by molar-refractivity contribution is 6.30. The maximum atomic E-state index is 11.5. The van der Waals surface area contributed by atoms with Gasteiger partial charge in [0.1, 0.15) is 0 Å². The third kappa shape index (κ3) is 2.94. The van der Waals surface area contributed by atoms with Crippen LogP contribution in [0.25, 0.3) is 22.2 Å². The number of nitrogens with zero attached hydrogens (tertiary/aromatic N) is 1. The van der Waals surface area contributed by atoms with E-state index in [1.165, 1.54) is 13.0 Å². The SMILES string of the molecule is CC(C(=O)O)(C(=O)O)c1ccc2nc(-c3ccc(Cl)cc3)ccc2c1. The summed E-state index contributed by atoms with van der Waals surface area (Å²) in [7, 11) is 0. The third-order valence-corrected chi connectivity index (χ3v) is 4.51. The van der Waals surface area contributed by atoms with Gasteiger partial charge in [0.05, 0.1) is 11.2 Å². The Morgan fingerprint density at radius 3 is 2.20 bits per heavy atom. The van der Waals surface area contributed by atoms with E-state index in [2.05, 4.69) is 4.98 Å². The zero-order valence-electron chi connectivity index (χ0n) is 13.2. The maximum absolute atomic E-state index is 11.5. The first-order valence-corrected chi connectivity index (χ1v) is 7.84. The number of fused-ring (bicyclic) bond motifs is 1. The minimum Gasteiger partial charge on any atom is -0.480 e. The Bertz CT molecular complexity index is 968. The first-order chi connectivity index (χ1) is 11.8. The number of carbonyl (C=O) groups is 2. The van der Waals surface area contributed by atoms with E-state index in [9.17, 15) is 19.8 Å². The molecular formula is C19H14ClNO4. The van der Waals surface area contributed by atoms with Crippen molar-refractivity contribution in [1.82, 2.24) is 4.98 Å². The van der Waals surface area contributed by atoms with Gasteiger partial charge in [0.25, 0.3) is 0 Å². The minimum atomic E-state index is -2.01. The van der Waals surface area contributed by atoms with Gasteiger partial charge >= 0.3 is 11.9 Å². The van der Waals surface area contributed by atoms with Gasteiger partial charge in [-0.05, 0) is 42.8 Å². The lowest BCUT2D eigenvalue weighted by atomic mass is 9.82. The summed E-state index contributed by atoms with van der Waals surface area (Å²) in [4.78, 5) is 27.5. The normalized spacial score (nSPS) is 11.4. The van der Waals surface area contributed by atoms with Gasteiger partial charge in [-0.2, -0.15) is 0 Å². The molecule has 0 aliphatic rings. The van der Waals surface area contributed by atoms with Crippen LogP contribution in [0, 0.1) is 0 Å². The summed E-state index contributed by atoms with van der Waals surface area (Å²) < 4.78 is 0. The lowest BCUT2D eigenvalue weighted by Crippen LogP contribution is -2.40. The molecule has 126 valence electrons. The molecule has 25 heavy (non-hydrogen) atoms. The molecule has 3 aromatic rings. The molecule has 1 aromatic heterocycles. The predicted octanol–water partition coefficient (Wildman–Crippen LogP) is 3.98. The smallest absolute Gasteiger partial charge is 0.325 e. The predicted molar refractivity (Wildman–Crippen MR) is 94.8 cm³/mol. The Balaban J connectivity index is 2.08. The quantitative estimate of drug-likeness (QED) is 0.691.